The average molecular weight is 319 g/mol. The van der Waals surface area contributed by atoms with E-state index in [2.05, 4.69) is 26.3 Å². The summed E-state index contributed by atoms with van der Waals surface area (Å²) in [6.45, 7) is 4.59. The van der Waals surface area contributed by atoms with Crippen LogP contribution < -0.4 is 4.90 Å². The Kier molecular flexibility index (Phi) is 3.55. The van der Waals surface area contributed by atoms with Crippen molar-refractivity contribution in [1.82, 2.24) is 9.97 Å². The van der Waals surface area contributed by atoms with Crippen molar-refractivity contribution < 1.29 is 9.84 Å². The van der Waals surface area contributed by atoms with Crippen molar-refractivity contribution in [2.24, 2.45) is 5.41 Å². The molecule has 1 aliphatic carbocycles. The van der Waals surface area contributed by atoms with Gasteiger partial charge < -0.3 is 14.7 Å². The number of aromatic nitrogens is 2. The van der Waals surface area contributed by atoms with Crippen LogP contribution in [-0.4, -0.2) is 47.0 Å². The molecule has 6 heteroatoms. The number of piperidine rings is 1. The smallest absolute Gasteiger partial charge is 0.140 e. The van der Waals surface area contributed by atoms with Crippen LogP contribution in [0.4, 0.5) is 5.82 Å². The number of hydrogen-bond acceptors (Lipinski definition) is 6. The monoisotopic (exact) mass is 319 g/mol. The fourth-order valence-corrected chi connectivity index (χ4v) is 4.71. The Hall–Kier alpha value is -1.24. The highest BCUT2D eigenvalue weighted by molar-refractivity contribution is 7.16. The van der Waals surface area contributed by atoms with Gasteiger partial charge in [0.15, 0.2) is 0 Å². The van der Waals surface area contributed by atoms with Crippen molar-refractivity contribution in [3.8, 4) is 0 Å². The number of hydrogen-bond donors (Lipinski definition) is 1. The molecule has 5 nitrogen and oxygen atoms in total. The van der Waals surface area contributed by atoms with Gasteiger partial charge >= 0.3 is 0 Å². The summed E-state index contributed by atoms with van der Waals surface area (Å²) in [5, 5.41) is 13.5. The van der Waals surface area contributed by atoms with Crippen molar-refractivity contribution in [3.63, 3.8) is 0 Å². The highest BCUT2D eigenvalue weighted by Gasteiger charge is 2.56. The molecule has 1 N–H and O–H groups in total. The first kappa shape index (κ1) is 14.4. The first-order chi connectivity index (χ1) is 10.7. The lowest BCUT2D eigenvalue weighted by molar-refractivity contribution is -0.199. The second-order valence-corrected chi connectivity index (χ2v) is 7.15. The molecule has 2 aromatic rings. The molecule has 0 amide bonds. The van der Waals surface area contributed by atoms with E-state index in [0.29, 0.717) is 0 Å². The maximum absolute atomic E-state index is 10.3. The van der Waals surface area contributed by atoms with Gasteiger partial charge in [0.2, 0.25) is 0 Å². The molecule has 2 aromatic heterocycles. The maximum atomic E-state index is 10.3. The number of aliphatic hydroxyl groups is 1. The summed E-state index contributed by atoms with van der Waals surface area (Å²) in [7, 11) is 0. The highest BCUT2D eigenvalue weighted by Crippen LogP contribution is 2.51. The number of aliphatic hydroxyl groups excluding tert-OH is 1. The van der Waals surface area contributed by atoms with E-state index in [4.69, 9.17) is 4.74 Å². The van der Waals surface area contributed by atoms with Gasteiger partial charge in [0.25, 0.3) is 0 Å². The maximum Gasteiger partial charge on any atom is 0.140 e. The Morgan fingerprint density at radius 2 is 2.23 bits per heavy atom. The fourth-order valence-electron chi connectivity index (χ4n) is 3.98. The predicted octanol–water partition coefficient (Wildman–Crippen LogP) is 2.45. The van der Waals surface area contributed by atoms with Crippen LogP contribution in [0.3, 0.4) is 0 Å². The van der Waals surface area contributed by atoms with E-state index in [1.807, 2.05) is 6.92 Å². The predicted molar refractivity (Wildman–Crippen MR) is 87.3 cm³/mol. The minimum atomic E-state index is -0.210. The molecule has 22 heavy (non-hydrogen) atoms. The van der Waals surface area contributed by atoms with Crippen LogP contribution in [-0.2, 0) is 4.74 Å². The summed E-state index contributed by atoms with van der Waals surface area (Å²) in [4.78, 5) is 12.2. The average Bonchev–Trinajstić information content (AvgIpc) is 3.03. The third-order valence-corrected chi connectivity index (χ3v) is 6.17. The minimum Gasteiger partial charge on any atom is -0.392 e. The van der Waals surface area contributed by atoms with Gasteiger partial charge in [-0.15, -0.1) is 11.3 Å². The second kappa shape index (κ2) is 5.44. The number of anilines is 1. The van der Waals surface area contributed by atoms with Crippen molar-refractivity contribution in [1.29, 1.82) is 0 Å². The molecule has 2 unspecified atom stereocenters. The lowest BCUT2D eigenvalue weighted by Gasteiger charge is -2.56. The molecule has 0 aromatic carbocycles. The van der Waals surface area contributed by atoms with Gasteiger partial charge in [-0.05, 0) is 31.2 Å². The molecule has 1 saturated heterocycles. The number of ether oxygens (including phenoxy) is 1. The van der Waals surface area contributed by atoms with Gasteiger partial charge in [-0.25, -0.2) is 9.97 Å². The van der Waals surface area contributed by atoms with Crippen LogP contribution >= 0.6 is 11.3 Å². The summed E-state index contributed by atoms with van der Waals surface area (Å²) < 4.78 is 5.84. The summed E-state index contributed by atoms with van der Waals surface area (Å²) in [6.07, 6.45) is 4.39. The Balaban J connectivity index is 1.53. The first-order valence-corrected chi connectivity index (χ1v) is 8.85. The zero-order valence-electron chi connectivity index (χ0n) is 12.7. The van der Waals surface area contributed by atoms with Gasteiger partial charge in [0.05, 0.1) is 17.6 Å². The zero-order chi connectivity index (χ0) is 15.2. The Morgan fingerprint density at radius 3 is 2.95 bits per heavy atom. The van der Waals surface area contributed by atoms with Crippen LogP contribution in [0.1, 0.15) is 26.2 Å². The summed E-state index contributed by atoms with van der Waals surface area (Å²) in [5.41, 5.74) is -0.0344. The van der Waals surface area contributed by atoms with Crippen molar-refractivity contribution in [2.75, 3.05) is 24.6 Å². The van der Waals surface area contributed by atoms with Gasteiger partial charge in [-0.2, -0.15) is 0 Å². The number of rotatable bonds is 3. The molecule has 0 radical (unpaired) electrons. The fraction of sp³-hybridized carbons (Fsp3) is 0.625. The molecule has 2 atom stereocenters. The quantitative estimate of drug-likeness (QED) is 0.942. The molecule has 2 fully saturated rings. The molecular weight excluding hydrogens is 298 g/mol. The van der Waals surface area contributed by atoms with Crippen LogP contribution in [0.25, 0.3) is 10.2 Å². The van der Waals surface area contributed by atoms with Gasteiger partial charge in [-0.3, -0.25) is 0 Å². The topological polar surface area (TPSA) is 58.5 Å². The summed E-state index contributed by atoms with van der Waals surface area (Å²) >= 11 is 1.65. The van der Waals surface area contributed by atoms with E-state index in [1.54, 1.807) is 17.7 Å². The van der Waals surface area contributed by atoms with E-state index in [1.165, 1.54) is 0 Å². The Morgan fingerprint density at radius 1 is 1.41 bits per heavy atom. The first-order valence-electron chi connectivity index (χ1n) is 7.97. The molecule has 118 valence electrons. The molecule has 0 bridgehead atoms. The molecule has 1 aliphatic heterocycles. The standard InChI is InChI=1S/C16H21N3O2S/c1-2-21-13-9-12(20)16(13)4-6-19(7-5-16)14-11-3-8-22-15(11)18-10-17-14/h3,8,10,12-13,20H,2,4-7,9H2,1H3. The molecular formula is C16H21N3O2S. The zero-order valence-corrected chi connectivity index (χ0v) is 13.6. The number of thiophene rings is 1. The van der Waals surface area contributed by atoms with Crippen molar-refractivity contribution >= 4 is 27.4 Å². The van der Waals surface area contributed by atoms with Crippen LogP contribution in [0, 0.1) is 5.41 Å². The normalized spacial score (nSPS) is 27.3. The number of nitrogens with zero attached hydrogens (tertiary/aromatic N) is 3. The summed E-state index contributed by atoms with van der Waals surface area (Å²) in [5.74, 6) is 1.03. The van der Waals surface area contributed by atoms with E-state index in [-0.39, 0.29) is 17.6 Å². The van der Waals surface area contributed by atoms with Crippen molar-refractivity contribution in [2.45, 2.75) is 38.4 Å². The molecule has 2 aliphatic rings. The molecule has 3 heterocycles. The minimum absolute atomic E-state index is 0.0344. The van der Waals surface area contributed by atoms with Crippen molar-refractivity contribution in [3.05, 3.63) is 17.8 Å². The largest absolute Gasteiger partial charge is 0.392 e. The van der Waals surface area contributed by atoms with Gasteiger partial charge in [0, 0.05) is 31.5 Å². The SMILES string of the molecule is CCOC1CC(O)C12CCN(c1ncnc3sccc13)CC2. The number of fused-ring (bicyclic) bond motifs is 1. The van der Waals surface area contributed by atoms with Crippen LogP contribution in [0.5, 0.6) is 0 Å². The third-order valence-electron chi connectivity index (χ3n) is 5.34. The Labute approximate surface area is 133 Å². The summed E-state index contributed by atoms with van der Waals surface area (Å²) in [6, 6.07) is 2.10. The molecule has 1 spiro atoms. The highest BCUT2D eigenvalue weighted by atomic mass is 32.1. The molecule has 1 saturated carbocycles. The lowest BCUT2D eigenvalue weighted by atomic mass is 9.58. The second-order valence-electron chi connectivity index (χ2n) is 6.25. The van der Waals surface area contributed by atoms with Crippen LogP contribution in [0.15, 0.2) is 17.8 Å². The van der Waals surface area contributed by atoms with E-state index in [9.17, 15) is 5.11 Å². The van der Waals surface area contributed by atoms with E-state index >= 15 is 0 Å². The third kappa shape index (κ3) is 2.05. The molecule has 4 rings (SSSR count). The van der Waals surface area contributed by atoms with Crippen LogP contribution in [0.2, 0.25) is 0 Å². The Bertz CT molecular complexity index is 664. The van der Waals surface area contributed by atoms with Gasteiger partial charge in [-0.1, -0.05) is 0 Å². The van der Waals surface area contributed by atoms with E-state index in [0.717, 1.165) is 55.0 Å². The van der Waals surface area contributed by atoms with E-state index < -0.39 is 0 Å². The lowest BCUT2D eigenvalue weighted by Crippen LogP contribution is -2.62. The van der Waals surface area contributed by atoms with Gasteiger partial charge in [0.1, 0.15) is 17.0 Å².